The van der Waals surface area contributed by atoms with Crippen molar-refractivity contribution in [1.82, 2.24) is 4.98 Å². The van der Waals surface area contributed by atoms with Crippen molar-refractivity contribution in [3.63, 3.8) is 0 Å². The number of anilines is 1. The average molecular weight is 1100 g/mol. The summed E-state index contributed by atoms with van der Waals surface area (Å²) < 4.78 is 15.0. The number of nitrogens with one attached hydrogen (secondary N) is 1. The molecule has 314 valence electrons. The van der Waals surface area contributed by atoms with Gasteiger partial charge in [0, 0.05) is 45.2 Å². The molecule has 0 aliphatic carbocycles. The molecule has 0 bridgehead atoms. The van der Waals surface area contributed by atoms with Crippen LogP contribution in [0.2, 0.25) is 0 Å². The summed E-state index contributed by atoms with van der Waals surface area (Å²) >= 11 is 0. The van der Waals surface area contributed by atoms with Crippen molar-refractivity contribution in [3.8, 4) is 33.4 Å². The Bertz CT molecular complexity index is 3300. The van der Waals surface area contributed by atoms with Gasteiger partial charge < -0.3 is 22.3 Å². The normalized spacial score (nSPS) is 10.3. The molecule has 0 spiro atoms. The number of benzene rings is 8. The molecular formula is C51H39Cs2FN4O7. The monoisotopic (exact) mass is 1100 g/mol. The second-order valence-corrected chi connectivity index (χ2v) is 14.4. The molecule has 65 heavy (non-hydrogen) atoms. The van der Waals surface area contributed by atoms with Gasteiger partial charge in [-0.1, -0.05) is 146 Å². The predicted molar refractivity (Wildman–Crippen MR) is 247 cm³/mol. The van der Waals surface area contributed by atoms with E-state index in [-0.39, 0.29) is 162 Å². The molecule has 0 saturated heterocycles. The van der Waals surface area contributed by atoms with Crippen molar-refractivity contribution in [1.29, 1.82) is 0 Å². The first kappa shape index (κ1) is 51.6. The third-order valence-corrected chi connectivity index (χ3v) is 10.7. The van der Waals surface area contributed by atoms with E-state index in [1.165, 1.54) is 12.1 Å². The van der Waals surface area contributed by atoms with Crippen LogP contribution in [0, 0.1) is 39.9 Å². The number of nitro groups is 2. The van der Waals surface area contributed by atoms with E-state index in [1.54, 1.807) is 30.3 Å². The number of halogens is 1. The molecule has 1 heterocycles. The van der Waals surface area contributed by atoms with Gasteiger partial charge in [0.15, 0.2) is 0 Å². The maximum atomic E-state index is 15.0. The number of H-pyrrole nitrogens is 1. The number of hydrogen-bond acceptors (Lipinski definition) is 8. The summed E-state index contributed by atoms with van der Waals surface area (Å²) in [5, 5.41) is 37.6. The minimum atomic E-state index is -0.844. The van der Waals surface area contributed by atoms with Gasteiger partial charge in [-0.25, -0.2) is 0 Å². The van der Waals surface area contributed by atoms with Gasteiger partial charge in [-0.2, -0.15) is 4.39 Å². The van der Waals surface area contributed by atoms with E-state index < -0.39 is 16.4 Å². The summed E-state index contributed by atoms with van der Waals surface area (Å²) in [7, 11) is 0. The third kappa shape index (κ3) is 11.3. The zero-order chi connectivity index (χ0) is 44.6. The zero-order valence-electron chi connectivity index (χ0n) is 37.0. The van der Waals surface area contributed by atoms with Gasteiger partial charge in [-0.3, -0.25) is 25.0 Å². The van der Waals surface area contributed by atoms with E-state index in [9.17, 15) is 20.2 Å². The molecule has 0 fully saturated rings. The van der Waals surface area contributed by atoms with Gasteiger partial charge in [0.1, 0.15) is 5.52 Å². The van der Waals surface area contributed by atoms with E-state index in [1.807, 2.05) is 104 Å². The Balaban J connectivity index is 0.000000256. The first-order chi connectivity index (χ1) is 30.5. The number of aromatic nitrogens is 1. The van der Waals surface area contributed by atoms with Gasteiger partial charge in [0.2, 0.25) is 5.82 Å². The summed E-state index contributed by atoms with van der Waals surface area (Å²) in [6.45, 7) is 3.92. The Kier molecular flexibility index (Phi) is 19.0. The number of fused-ring (bicyclic) bond motifs is 7. The van der Waals surface area contributed by atoms with E-state index in [2.05, 4.69) is 47.1 Å². The van der Waals surface area contributed by atoms with Crippen molar-refractivity contribution in [2.45, 2.75) is 13.8 Å². The van der Waals surface area contributed by atoms with Crippen LogP contribution >= 0.6 is 0 Å². The summed E-state index contributed by atoms with van der Waals surface area (Å²) in [6.07, 6.45) is 0. The number of aromatic amines is 1. The number of aryl methyl sites for hydroxylation is 2. The van der Waals surface area contributed by atoms with Crippen LogP contribution in [0.5, 0.6) is 0 Å². The standard InChI is InChI=1S/C25H19FN2O2.C25H18N2O2.CH2O3.2Cs.H/c1-16-8-6-12-19(24(16)21-11-4-5-14-22(21)27)17-9-2-3-10-18(17)20-13-7-15-23(25(20)26)28(29)30;1-16-8-6-12-19-17-9-2-3-10-18(17)20-13-7-15-23(27(28)29)25(20)26-22-14-5-4-11-21(22)24(16)19;2-1-4-3;;;/h2-15H,27H2,1H3;2-15,26H,1H3;1,3H;;;/q;;;2*+1;-1/p-1. The zero-order valence-corrected chi connectivity index (χ0v) is 48.5. The van der Waals surface area contributed by atoms with Crippen LogP contribution < -0.4 is 149 Å². The van der Waals surface area contributed by atoms with Gasteiger partial charge in [0.25, 0.3) is 12.2 Å². The topological polar surface area (TPSA) is 177 Å². The van der Waals surface area contributed by atoms with Gasteiger partial charge in [-0.05, 0) is 80.9 Å². The number of nitro benzene ring substituents is 2. The number of rotatable bonds is 6. The fourth-order valence-corrected chi connectivity index (χ4v) is 7.99. The number of hydrogen-bond donors (Lipinski definition) is 2. The summed E-state index contributed by atoms with van der Waals surface area (Å²) in [4.78, 5) is 36.7. The largest absolute Gasteiger partial charge is 1.00 e. The fraction of sp³-hybridized carbons (Fsp3) is 0.0392. The second-order valence-electron chi connectivity index (χ2n) is 14.4. The summed E-state index contributed by atoms with van der Waals surface area (Å²) in [5.41, 5.74) is 14.3. The van der Waals surface area contributed by atoms with Crippen LogP contribution in [-0.2, 0) is 9.68 Å². The van der Waals surface area contributed by atoms with Crippen molar-refractivity contribution < 1.29 is 168 Å². The second kappa shape index (κ2) is 23.9. The van der Waals surface area contributed by atoms with Crippen molar-refractivity contribution >= 4 is 66.9 Å². The summed E-state index contributed by atoms with van der Waals surface area (Å²) in [6, 6.07) is 52.7. The Morgan fingerprint density at radius 1 is 0.554 bits per heavy atom. The summed E-state index contributed by atoms with van der Waals surface area (Å²) in [5.74, 6) is -0.844. The van der Waals surface area contributed by atoms with E-state index in [4.69, 9.17) is 15.8 Å². The van der Waals surface area contributed by atoms with Gasteiger partial charge >= 0.3 is 143 Å². The molecule has 0 amide bonds. The number of non-ortho nitro benzene ring substituents is 1. The molecule has 0 aliphatic rings. The van der Waals surface area contributed by atoms with Crippen molar-refractivity contribution in [2.75, 3.05) is 5.73 Å². The van der Waals surface area contributed by atoms with Crippen LogP contribution in [-0.4, -0.2) is 21.3 Å². The first-order valence-corrected chi connectivity index (χ1v) is 19.6. The molecule has 11 nitrogen and oxygen atoms in total. The smallest absolute Gasteiger partial charge is 1.00 e. The molecule has 0 radical (unpaired) electrons. The van der Waals surface area contributed by atoms with Crippen LogP contribution in [0.3, 0.4) is 0 Å². The SMILES string of the molecule is Cc1cccc(-c2ccccc2-c2cccc([N+](=O)[O-])c2F)c1-c1ccccc1N.Cc1cccc2c3ccccc3c3cccc([N+](=O)[O-])c3[nH]c3ccccc3c12.O=CO[O-].[Cs+].[Cs+].[H-]. The number of nitrogens with two attached hydrogens (primary N) is 1. The predicted octanol–water partition coefficient (Wildman–Crippen LogP) is 6.15. The molecule has 3 N–H and O–H groups in total. The maximum Gasteiger partial charge on any atom is 1.00 e. The number of nitrogen functional groups attached to an aromatic ring is 1. The number of nitrogens with zero attached hydrogens (tertiary/aromatic N) is 2. The molecule has 9 aromatic rings. The molecule has 0 atom stereocenters. The number of carbonyl (C=O) groups is 1. The van der Waals surface area contributed by atoms with Crippen LogP contribution in [0.15, 0.2) is 170 Å². The van der Waals surface area contributed by atoms with Crippen molar-refractivity contribution in [2.24, 2.45) is 0 Å². The van der Waals surface area contributed by atoms with Crippen molar-refractivity contribution in [3.05, 3.63) is 207 Å². The Morgan fingerprint density at radius 3 is 1.65 bits per heavy atom. The molecule has 9 rings (SSSR count). The minimum absolute atomic E-state index is 0. The molecule has 8 aromatic carbocycles. The quantitative estimate of drug-likeness (QED) is 0.0655. The average Bonchev–Trinajstić information content (AvgIpc) is 3.34. The van der Waals surface area contributed by atoms with Crippen LogP contribution in [0.4, 0.5) is 21.5 Å². The minimum Gasteiger partial charge on any atom is -1.00 e. The van der Waals surface area contributed by atoms with Gasteiger partial charge in [0.05, 0.1) is 9.85 Å². The Labute approximate surface area is 492 Å². The fourth-order valence-electron chi connectivity index (χ4n) is 7.99. The van der Waals surface area contributed by atoms with Crippen LogP contribution in [0.25, 0.3) is 76.7 Å². The molecule has 0 aliphatic heterocycles. The number of carbonyl (C=O) groups excluding carboxylic acids is 1. The Morgan fingerprint density at radius 2 is 1.00 bits per heavy atom. The maximum absolute atomic E-state index is 15.0. The Hall–Kier alpha value is -4.38. The first-order valence-electron chi connectivity index (χ1n) is 19.6. The molecule has 0 saturated carbocycles. The molecule has 0 unspecified atom stereocenters. The van der Waals surface area contributed by atoms with Crippen LogP contribution in [0.1, 0.15) is 12.6 Å². The van der Waals surface area contributed by atoms with E-state index in [0.717, 1.165) is 71.2 Å². The third-order valence-electron chi connectivity index (χ3n) is 10.7. The molecular weight excluding hydrogens is 1070 g/mol. The number of para-hydroxylation sites is 3. The van der Waals surface area contributed by atoms with E-state index in [0.29, 0.717) is 16.8 Å². The van der Waals surface area contributed by atoms with Gasteiger partial charge in [-0.15, -0.1) is 0 Å². The molecule has 14 heteroatoms. The van der Waals surface area contributed by atoms with E-state index >= 15 is 4.39 Å². The molecule has 1 aromatic heterocycles.